The fraction of sp³-hybridized carbons (Fsp3) is 0.500. The number of aliphatic hydroxyl groups is 1. The first-order valence-electron chi connectivity index (χ1n) is 5.11. The molecule has 0 atom stereocenters. The second kappa shape index (κ2) is 5.03. The van der Waals surface area contributed by atoms with Gasteiger partial charge in [-0.1, -0.05) is 6.07 Å². The molecule has 0 aliphatic carbocycles. The predicted molar refractivity (Wildman–Crippen MR) is 59.1 cm³/mol. The summed E-state index contributed by atoms with van der Waals surface area (Å²) >= 11 is 0. The second-order valence-corrected chi connectivity index (χ2v) is 4.26. The van der Waals surface area contributed by atoms with Gasteiger partial charge in [0.2, 0.25) is 0 Å². The molecular formula is C12H18O3. The molecule has 0 saturated heterocycles. The van der Waals surface area contributed by atoms with Gasteiger partial charge in [0.05, 0.1) is 12.2 Å². The van der Waals surface area contributed by atoms with E-state index >= 15 is 0 Å². The molecular weight excluding hydrogens is 192 g/mol. The Morgan fingerprint density at radius 1 is 1.33 bits per heavy atom. The Balaban J connectivity index is 2.26. The molecule has 1 rings (SSSR count). The fourth-order valence-corrected chi connectivity index (χ4v) is 1.27. The van der Waals surface area contributed by atoms with Crippen molar-refractivity contribution in [1.82, 2.24) is 0 Å². The zero-order chi connectivity index (χ0) is 11.3. The summed E-state index contributed by atoms with van der Waals surface area (Å²) in [6.45, 7) is 4.11. The van der Waals surface area contributed by atoms with E-state index in [0.717, 1.165) is 6.42 Å². The Hall–Kier alpha value is -1.22. The SMILES string of the molecule is CC(C)(O)CCCOc1cccc(O)c1. The number of benzene rings is 1. The average Bonchev–Trinajstić information content (AvgIpc) is 2.11. The molecule has 3 nitrogen and oxygen atoms in total. The lowest BCUT2D eigenvalue weighted by Gasteiger charge is -2.16. The first kappa shape index (κ1) is 11.9. The van der Waals surface area contributed by atoms with Crippen molar-refractivity contribution in [1.29, 1.82) is 0 Å². The Bertz CT molecular complexity index is 302. The lowest BCUT2D eigenvalue weighted by atomic mass is 10.0. The fourth-order valence-electron chi connectivity index (χ4n) is 1.27. The van der Waals surface area contributed by atoms with Crippen LogP contribution in [0.25, 0.3) is 0 Å². The Kier molecular flexibility index (Phi) is 3.97. The van der Waals surface area contributed by atoms with Gasteiger partial charge in [-0.3, -0.25) is 0 Å². The van der Waals surface area contributed by atoms with E-state index < -0.39 is 5.60 Å². The normalized spacial score (nSPS) is 11.4. The average molecular weight is 210 g/mol. The molecule has 2 N–H and O–H groups in total. The highest BCUT2D eigenvalue weighted by Gasteiger charge is 2.11. The van der Waals surface area contributed by atoms with E-state index in [4.69, 9.17) is 4.74 Å². The summed E-state index contributed by atoms with van der Waals surface area (Å²) in [6.07, 6.45) is 1.49. The highest BCUT2D eigenvalue weighted by molar-refractivity contribution is 5.31. The van der Waals surface area contributed by atoms with Crippen LogP contribution >= 0.6 is 0 Å². The van der Waals surface area contributed by atoms with Crippen LogP contribution in [0.4, 0.5) is 0 Å². The zero-order valence-electron chi connectivity index (χ0n) is 9.23. The topological polar surface area (TPSA) is 49.7 Å². The van der Waals surface area contributed by atoms with E-state index in [1.165, 1.54) is 0 Å². The number of phenols is 1. The van der Waals surface area contributed by atoms with Gasteiger partial charge in [-0.15, -0.1) is 0 Å². The molecule has 0 aromatic heterocycles. The first-order chi connectivity index (χ1) is 6.97. The Morgan fingerprint density at radius 2 is 2.07 bits per heavy atom. The van der Waals surface area contributed by atoms with Crippen molar-refractivity contribution in [3.05, 3.63) is 24.3 Å². The lowest BCUT2D eigenvalue weighted by molar-refractivity contribution is 0.0641. The minimum atomic E-state index is -0.637. The maximum Gasteiger partial charge on any atom is 0.122 e. The van der Waals surface area contributed by atoms with Gasteiger partial charge < -0.3 is 14.9 Å². The third-order valence-corrected chi connectivity index (χ3v) is 2.02. The van der Waals surface area contributed by atoms with E-state index in [1.54, 1.807) is 38.1 Å². The number of ether oxygens (including phenoxy) is 1. The van der Waals surface area contributed by atoms with Crippen LogP contribution in [0.15, 0.2) is 24.3 Å². The molecule has 0 unspecified atom stereocenters. The van der Waals surface area contributed by atoms with Crippen LogP contribution in [0, 0.1) is 0 Å². The number of hydrogen-bond acceptors (Lipinski definition) is 3. The van der Waals surface area contributed by atoms with Crippen molar-refractivity contribution in [2.24, 2.45) is 0 Å². The summed E-state index contributed by atoms with van der Waals surface area (Å²) in [5, 5.41) is 18.6. The van der Waals surface area contributed by atoms with Gasteiger partial charge in [0.15, 0.2) is 0 Å². The highest BCUT2D eigenvalue weighted by atomic mass is 16.5. The van der Waals surface area contributed by atoms with Crippen molar-refractivity contribution in [3.8, 4) is 11.5 Å². The molecule has 1 aromatic carbocycles. The predicted octanol–water partition coefficient (Wildman–Crippen LogP) is 2.32. The van der Waals surface area contributed by atoms with Crippen LogP contribution in [0.5, 0.6) is 11.5 Å². The summed E-state index contributed by atoms with van der Waals surface area (Å²) < 4.78 is 5.41. The van der Waals surface area contributed by atoms with Gasteiger partial charge in [-0.2, -0.15) is 0 Å². The first-order valence-corrected chi connectivity index (χ1v) is 5.11. The van der Waals surface area contributed by atoms with E-state index in [2.05, 4.69) is 0 Å². The summed E-state index contributed by atoms with van der Waals surface area (Å²) in [7, 11) is 0. The molecule has 1 aromatic rings. The zero-order valence-corrected chi connectivity index (χ0v) is 9.23. The van der Waals surface area contributed by atoms with Gasteiger partial charge in [-0.05, 0) is 38.8 Å². The molecule has 0 aliphatic rings. The van der Waals surface area contributed by atoms with E-state index in [-0.39, 0.29) is 5.75 Å². The van der Waals surface area contributed by atoms with Crippen molar-refractivity contribution < 1.29 is 14.9 Å². The lowest BCUT2D eigenvalue weighted by Crippen LogP contribution is -2.19. The summed E-state index contributed by atoms with van der Waals surface area (Å²) in [5.41, 5.74) is -0.637. The second-order valence-electron chi connectivity index (χ2n) is 4.26. The number of aromatic hydroxyl groups is 1. The van der Waals surface area contributed by atoms with Crippen LogP contribution in [0.1, 0.15) is 26.7 Å². The molecule has 84 valence electrons. The van der Waals surface area contributed by atoms with Crippen LogP contribution in [-0.2, 0) is 0 Å². The molecule has 0 spiro atoms. The molecule has 0 amide bonds. The van der Waals surface area contributed by atoms with Gasteiger partial charge in [0.25, 0.3) is 0 Å². The van der Waals surface area contributed by atoms with Crippen molar-refractivity contribution in [2.75, 3.05) is 6.61 Å². The number of rotatable bonds is 5. The minimum Gasteiger partial charge on any atom is -0.508 e. The molecule has 0 bridgehead atoms. The highest BCUT2D eigenvalue weighted by Crippen LogP contribution is 2.18. The molecule has 0 aliphatic heterocycles. The van der Waals surface area contributed by atoms with Crippen LogP contribution in [-0.4, -0.2) is 22.4 Å². The number of phenolic OH excluding ortho intramolecular Hbond substituents is 1. The van der Waals surface area contributed by atoms with E-state index in [1.807, 2.05) is 0 Å². The molecule has 0 heterocycles. The minimum absolute atomic E-state index is 0.204. The van der Waals surface area contributed by atoms with Gasteiger partial charge in [0.1, 0.15) is 11.5 Å². The van der Waals surface area contributed by atoms with E-state index in [0.29, 0.717) is 18.8 Å². The monoisotopic (exact) mass is 210 g/mol. The molecule has 15 heavy (non-hydrogen) atoms. The standard InChI is InChI=1S/C12H18O3/c1-12(2,14)7-4-8-15-11-6-3-5-10(13)9-11/h3,5-6,9,13-14H,4,7-8H2,1-2H3. The van der Waals surface area contributed by atoms with Crippen LogP contribution < -0.4 is 4.74 Å². The molecule has 0 radical (unpaired) electrons. The number of hydrogen-bond donors (Lipinski definition) is 2. The van der Waals surface area contributed by atoms with E-state index in [9.17, 15) is 10.2 Å². The van der Waals surface area contributed by atoms with Crippen molar-refractivity contribution >= 4 is 0 Å². The Morgan fingerprint density at radius 3 is 2.67 bits per heavy atom. The smallest absolute Gasteiger partial charge is 0.122 e. The van der Waals surface area contributed by atoms with Crippen molar-refractivity contribution in [3.63, 3.8) is 0 Å². The van der Waals surface area contributed by atoms with Gasteiger partial charge >= 0.3 is 0 Å². The van der Waals surface area contributed by atoms with Crippen LogP contribution in [0.2, 0.25) is 0 Å². The van der Waals surface area contributed by atoms with Gasteiger partial charge in [-0.25, -0.2) is 0 Å². The summed E-state index contributed by atoms with van der Waals surface area (Å²) in [5.74, 6) is 0.862. The largest absolute Gasteiger partial charge is 0.508 e. The molecule has 0 fully saturated rings. The Labute approximate surface area is 90.3 Å². The summed E-state index contributed by atoms with van der Waals surface area (Å²) in [6, 6.07) is 6.71. The quantitative estimate of drug-likeness (QED) is 0.733. The van der Waals surface area contributed by atoms with Crippen LogP contribution in [0.3, 0.4) is 0 Å². The molecule has 0 saturated carbocycles. The third kappa shape index (κ3) is 5.27. The van der Waals surface area contributed by atoms with Crippen molar-refractivity contribution in [2.45, 2.75) is 32.3 Å². The maximum absolute atomic E-state index is 9.46. The van der Waals surface area contributed by atoms with Gasteiger partial charge in [0, 0.05) is 6.07 Å². The maximum atomic E-state index is 9.46. The molecule has 3 heteroatoms. The summed E-state index contributed by atoms with van der Waals surface area (Å²) in [4.78, 5) is 0. The third-order valence-electron chi connectivity index (χ3n) is 2.02.